The molecule has 0 saturated heterocycles. The summed E-state index contributed by atoms with van der Waals surface area (Å²) in [5.41, 5.74) is 2.52. The van der Waals surface area contributed by atoms with Crippen LogP contribution in [0.5, 0.6) is 0 Å². The van der Waals surface area contributed by atoms with E-state index in [0.29, 0.717) is 6.04 Å². The van der Waals surface area contributed by atoms with Gasteiger partial charge in [0, 0.05) is 30.5 Å². The van der Waals surface area contributed by atoms with Crippen LogP contribution in [0.2, 0.25) is 0 Å². The van der Waals surface area contributed by atoms with Gasteiger partial charge in [-0.3, -0.25) is 0 Å². The van der Waals surface area contributed by atoms with Crippen molar-refractivity contribution in [2.75, 3.05) is 7.05 Å². The number of aromatic nitrogens is 2. The minimum Gasteiger partial charge on any atom is -0.331 e. The first-order valence-electron chi connectivity index (χ1n) is 6.55. The van der Waals surface area contributed by atoms with Gasteiger partial charge in [-0.25, -0.2) is 4.98 Å². The fourth-order valence-corrected chi connectivity index (χ4v) is 2.21. The average Bonchev–Trinajstić information content (AvgIpc) is 2.86. The minimum atomic E-state index is 0.327. The highest BCUT2D eigenvalue weighted by atomic mass is 15.1. The quantitative estimate of drug-likeness (QED) is 0.873. The lowest BCUT2D eigenvalue weighted by Crippen LogP contribution is -2.14. The van der Waals surface area contributed by atoms with Gasteiger partial charge < -0.3 is 9.88 Å². The topological polar surface area (TPSA) is 29.9 Å². The Kier molecular flexibility index (Phi) is 4.15. The summed E-state index contributed by atoms with van der Waals surface area (Å²) in [6.07, 6.45) is 5.05. The highest BCUT2D eigenvalue weighted by Crippen LogP contribution is 2.26. The maximum absolute atomic E-state index is 4.52. The van der Waals surface area contributed by atoms with E-state index in [0.717, 1.165) is 18.8 Å². The Hall–Kier alpha value is -1.61. The zero-order valence-electron chi connectivity index (χ0n) is 11.4. The van der Waals surface area contributed by atoms with Crippen LogP contribution in [0.1, 0.15) is 31.9 Å². The summed E-state index contributed by atoms with van der Waals surface area (Å²) >= 11 is 0. The van der Waals surface area contributed by atoms with Crippen molar-refractivity contribution < 1.29 is 0 Å². The van der Waals surface area contributed by atoms with Crippen LogP contribution in [0.3, 0.4) is 0 Å². The predicted molar refractivity (Wildman–Crippen MR) is 75.4 cm³/mol. The monoisotopic (exact) mass is 243 g/mol. The second-order valence-electron chi connectivity index (χ2n) is 4.54. The Morgan fingerprint density at radius 2 is 2.11 bits per heavy atom. The number of hydrogen-bond acceptors (Lipinski definition) is 2. The first-order chi connectivity index (χ1) is 8.77. The van der Waals surface area contributed by atoms with E-state index in [-0.39, 0.29) is 0 Å². The van der Waals surface area contributed by atoms with Crippen molar-refractivity contribution in [1.29, 1.82) is 0 Å². The number of imidazole rings is 1. The summed E-state index contributed by atoms with van der Waals surface area (Å²) in [6.45, 7) is 5.37. The van der Waals surface area contributed by atoms with E-state index in [1.807, 2.05) is 13.2 Å². The summed E-state index contributed by atoms with van der Waals surface area (Å²) in [5.74, 6) is 1.06. The third-order valence-electron chi connectivity index (χ3n) is 3.28. The second kappa shape index (κ2) is 5.83. The third-order valence-corrected chi connectivity index (χ3v) is 3.28. The molecule has 3 nitrogen and oxygen atoms in total. The lowest BCUT2D eigenvalue weighted by atomic mass is 10.0. The molecular formula is C15H21N3. The van der Waals surface area contributed by atoms with Gasteiger partial charge in [-0.1, -0.05) is 31.2 Å². The Morgan fingerprint density at radius 3 is 2.83 bits per heavy atom. The zero-order chi connectivity index (χ0) is 13.0. The highest BCUT2D eigenvalue weighted by Gasteiger charge is 2.13. The molecular weight excluding hydrogens is 222 g/mol. The molecule has 0 aliphatic carbocycles. The molecule has 1 unspecified atom stereocenters. The molecule has 1 atom stereocenters. The Labute approximate surface area is 109 Å². The predicted octanol–water partition coefficient (Wildman–Crippen LogP) is 3.24. The van der Waals surface area contributed by atoms with Gasteiger partial charge in [0.15, 0.2) is 0 Å². The minimum absolute atomic E-state index is 0.327. The lowest BCUT2D eigenvalue weighted by molar-refractivity contribution is 0.649. The van der Waals surface area contributed by atoms with E-state index in [2.05, 4.69) is 59.2 Å². The van der Waals surface area contributed by atoms with Gasteiger partial charge in [-0.2, -0.15) is 0 Å². The summed E-state index contributed by atoms with van der Waals surface area (Å²) in [5, 5.41) is 3.30. The fraction of sp³-hybridized carbons (Fsp3) is 0.400. The van der Waals surface area contributed by atoms with Gasteiger partial charge in [0.25, 0.3) is 0 Å². The summed E-state index contributed by atoms with van der Waals surface area (Å²) in [7, 11) is 1.99. The number of aryl methyl sites for hydroxylation is 1. The van der Waals surface area contributed by atoms with Crippen molar-refractivity contribution in [3.8, 4) is 11.4 Å². The highest BCUT2D eigenvalue weighted by molar-refractivity contribution is 5.61. The molecule has 1 aromatic heterocycles. The first kappa shape index (κ1) is 12.8. The van der Waals surface area contributed by atoms with Crippen LogP contribution in [0.15, 0.2) is 36.7 Å². The molecule has 0 amide bonds. The molecule has 0 radical (unpaired) electrons. The van der Waals surface area contributed by atoms with Crippen LogP contribution in [0.4, 0.5) is 0 Å². The van der Waals surface area contributed by atoms with Crippen molar-refractivity contribution in [3.05, 3.63) is 42.2 Å². The van der Waals surface area contributed by atoms with Crippen LogP contribution < -0.4 is 5.32 Å². The SMILES string of the molecule is CCCn1ccnc1-c1ccccc1C(C)NC. The molecule has 0 spiro atoms. The molecule has 18 heavy (non-hydrogen) atoms. The molecule has 1 aromatic carbocycles. The number of benzene rings is 1. The van der Waals surface area contributed by atoms with Gasteiger partial charge in [0.1, 0.15) is 5.82 Å². The fourth-order valence-electron chi connectivity index (χ4n) is 2.21. The molecule has 0 aliphatic rings. The van der Waals surface area contributed by atoms with E-state index in [9.17, 15) is 0 Å². The van der Waals surface area contributed by atoms with E-state index >= 15 is 0 Å². The van der Waals surface area contributed by atoms with Crippen LogP contribution in [-0.2, 0) is 6.54 Å². The molecule has 3 heteroatoms. The smallest absolute Gasteiger partial charge is 0.140 e. The Morgan fingerprint density at radius 1 is 1.33 bits per heavy atom. The van der Waals surface area contributed by atoms with Crippen molar-refractivity contribution >= 4 is 0 Å². The van der Waals surface area contributed by atoms with Gasteiger partial charge in [0.05, 0.1) is 0 Å². The van der Waals surface area contributed by atoms with Crippen molar-refractivity contribution in [2.45, 2.75) is 32.9 Å². The summed E-state index contributed by atoms with van der Waals surface area (Å²) in [4.78, 5) is 4.52. The molecule has 96 valence electrons. The molecule has 0 fully saturated rings. The Balaban J connectivity index is 2.46. The first-order valence-corrected chi connectivity index (χ1v) is 6.55. The van der Waals surface area contributed by atoms with E-state index < -0.39 is 0 Å². The maximum Gasteiger partial charge on any atom is 0.140 e. The van der Waals surface area contributed by atoms with Gasteiger partial charge in [-0.15, -0.1) is 0 Å². The number of nitrogens with zero attached hydrogens (tertiary/aromatic N) is 2. The van der Waals surface area contributed by atoms with Crippen LogP contribution in [0, 0.1) is 0 Å². The standard InChI is InChI=1S/C15H21N3/c1-4-10-18-11-9-17-15(18)14-8-6-5-7-13(14)12(2)16-3/h5-9,11-12,16H,4,10H2,1-3H3. The summed E-state index contributed by atoms with van der Waals surface area (Å²) in [6, 6.07) is 8.80. The number of rotatable bonds is 5. The van der Waals surface area contributed by atoms with Crippen molar-refractivity contribution in [2.24, 2.45) is 0 Å². The third kappa shape index (κ3) is 2.46. The van der Waals surface area contributed by atoms with Crippen LogP contribution in [0.25, 0.3) is 11.4 Å². The van der Waals surface area contributed by atoms with E-state index in [1.165, 1.54) is 11.1 Å². The molecule has 1 heterocycles. The molecule has 2 aromatic rings. The van der Waals surface area contributed by atoms with Crippen molar-refractivity contribution in [3.63, 3.8) is 0 Å². The van der Waals surface area contributed by atoms with Gasteiger partial charge in [-0.05, 0) is 26.0 Å². The molecule has 0 bridgehead atoms. The van der Waals surface area contributed by atoms with E-state index in [1.54, 1.807) is 0 Å². The van der Waals surface area contributed by atoms with E-state index in [4.69, 9.17) is 0 Å². The lowest BCUT2D eigenvalue weighted by Gasteiger charge is -2.16. The largest absolute Gasteiger partial charge is 0.331 e. The van der Waals surface area contributed by atoms with Crippen LogP contribution in [-0.4, -0.2) is 16.6 Å². The van der Waals surface area contributed by atoms with Crippen LogP contribution >= 0.6 is 0 Å². The average molecular weight is 243 g/mol. The molecule has 0 aliphatic heterocycles. The molecule has 1 N–H and O–H groups in total. The normalized spacial score (nSPS) is 12.6. The second-order valence-corrected chi connectivity index (χ2v) is 4.54. The summed E-state index contributed by atoms with van der Waals surface area (Å²) < 4.78 is 2.22. The van der Waals surface area contributed by atoms with Gasteiger partial charge >= 0.3 is 0 Å². The maximum atomic E-state index is 4.52. The molecule has 0 saturated carbocycles. The number of nitrogens with one attached hydrogen (secondary N) is 1. The van der Waals surface area contributed by atoms with Crippen molar-refractivity contribution in [1.82, 2.24) is 14.9 Å². The zero-order valence-corrected chi connectivity index (χ0v) is 11.4. The molecule has 2 rings (SSSR count). The number of hydrogen-bond donors (Lipinski definition) is 1. The van der Waals surface area contributed by atoms with Gasteiger partial charge in [0.2, 0.25) is 0 Å². The Bertz CT molecular complexity index is 502.